The molecule has 0 aliphatic carbocycles. The second-order valence-corrected chi connectivity index (χ2v) is 4.68. The lowest BCUT2D eigenvalue weighted by Crippen LogP contribution is -2.48. The molecule has 0 spiro atoms. The van der Waals surface area contributed by atoms with Gasteiger partial charge in [-0.25, -0.2) is 4.79 Å². The van der Waals surface area contributed by atoms with Gasteiger partial charge in [-0.1, -0.05) is 0 Å². The van der Waals surface area contributed by atoms with Gasteiger partial charge in [0.05, 0.1) is 12.5 Å². The van der Waals surface area contributed by atoms with E-state index < -0.39 is 11.3 Å². The molecule has 0 saturated carbocycles. The van der Waals surface area contributed by atoms with E-state index in [1.807, 2.05) is 0 Å². The topological polar surface area (TPSA) is 75.2 Å². The van der Waals surface area contributed by atoms with Gasteiger partial charge in [0.1, 0.15) is 12.6 Å². The van der Waals surface area contributed by atoms with Crippen molar-refractivity contribution < 1.29 is 14.4 Å². The lowest BCUT2D eigenvalue weighted by Gasteiger charge is -2.13. The van der Waals surface area contributed by atoms with Crippen molar-refractivity contribution in [2.24, 2.45) is 14.1 Å². The van der Waals surface area contributed by atoms with Crippen molar-refractivity contribution in [3.05, 3.63) is 38.9 Å². The maximum Gasteiger partial charge on any atom is 0.405 e. The summed E-state index contributed by atoms with van der Waals surface area (Å²) in [4.78, 5) is 24.3. The predicted octanol–water partition coefficient (Wildman–Crippen LogP) is -0.604. The number of hydrogen-bond donors (Lipinski definition) is 0. The highest BCUT2D eigenvalue weighted by Gasteiger charge is 2.21. The summed E-state index contributed by atoms with van der Waals surface area (Å²) >= 11 is 0. The van der Waals surface area contributed by atoms with E-state index in [1.165, 1.54) is 24.8 Å². The first-order valence-electron chi connectivity index (χ1n) is 6.00. The minimum atomic E-state index is -0.630. The van der Waals surface area contributed by atoms with Gasteiger partial charge in [-0.3, -0.25) is 4.79 Å². The Morgan fingerprint density at radius 1 is 1.35 bits per heavy atom. The van der Waals surface area contributed by atoms with Crippen LogP contribution < -0.4 is 25.4 Å². The van der Waals surface area contributed by atoms with E-state index in [1.54, 1.807) is 23.9 Å². The molecule has 0 amide bonds. The first kappa shape index (κ1) is 12.4. The summed E-state index contributed by atoms with van der Waals surface area (Å²) in [6.45, 7) is 0. The molecule has 0 aliphatic rings. The second kappa shape index (κ2) is 3.93. The number of aryl methyl sites for hydroxylation is 2. The van der Waals surface area contributed by atoms with Crippen LogP contribution in [0, 0.1) is 0 Å². The molecule has 0 saturated heterocycles. The smallest absolute Gasteiger partial charge is 0.405 e. The lowest BCUT2D eigenvalue weighted by molar-refractivity contribution is -0.662. The third-order valence-electron chi connectivity index (χ3n) is 3.61. The number of aromatic nitrogens is 2. The maximum absolute atomic E-state index is 12.4. The van der Waals surface area contributed by atoms with Crippen LogP contribution in [0.4, 0.5) is 0 Å². The fraction of sp³-hybridized carbons (Fsp3) is 0.214. The fourth-order valence-electron chi connectivity index (χ4n) is 2.55. The van der Waals surface area contributed by atoms with Gasteiger partial charge in [-0.15, -0.1) is 0 Å². The lowest BCUT2D eigenvalue weighted by atomic mass is 10.1. The first-order valence-corrected chi connectivity index (χ1v) is 6.00. The van der Waals surface area contributed by atoms with Crippen LogP contribution in [0.3, 0.4) is 0 Å². The molecule has 6 heteroatoms. The fourth-order valence-corrected chi connectivity index (χ4v) is 2.55. The molecule has 0 fully saturated rings. The van der Waals surface area contributed by atoms with E-state index in [-0.39, 0.29) is 16.6 Å². The molecule has 1 aromatic carbocycles. The van der Waals surface area contributed by atoms with Gasteiger partial charge in [-0.2, -0.15) is 4.57 Å². The number of pyridine rings is 2. The van der Waals surface area contributed by atoms with Crippen LogP contribution in [0.25, 0.3) is 21.8 Å². The van der Waals surface area contributed by atoms with Crippen molar-refractivity contribution in [3.63, 3.8) is 0 Å². The van der Waals surface area contributed by atoms with Gasteiger partial charge in [0.25, 0.3) is 0 Å². The largest absolute Gasteiger partial charge is 0.865 e. The van der Waals surface area contributed by atoms with Gasteiger partial charge >= 0.3 is 5.56 Å². The van der Waals surface area contributed by atoms with Crippen molar-refractivity contribution in [2.45, 2.75) is 0 Å². The van der Waals surface area contributed by atoms with Gasteiger partial charge < -0.3 is 14.4 Å². The maximum atomic E-state index is 12.4. The van der Waals surface area contributed by atoms with E-state index in [9.17, 15) is 14.7 Å². The van der Waals surface area contributed by atoms with Crippen LogP contribution in [-0.2, 0) is 14.1 Å². The highest BCUT2D eigenvalue weighted by Crippen LogP contribution is 2.27. The Kier molecular flexibility index (Phi) is 2.44. The van der Waals surface area contributed by atoms with Crippen molar-refractivity contribution in [2.75, 3.05) is 7.11 Å². The molecule has 0 aliphatic heterocycles. The Balaban J connectivity index is 2.81. The molecule has 2 heterocycles. The molecule has 3 rings (SSSR count). The van der Waals surface area contributed by atoms with Crippen molar-refractivity contribution >= 4 is 21.8 Å². The summed E-state index contributed by atoms with van der Waals surface area (Å²) in [7, 11) is 4.59. The molecule has 0 N–H and O–H groups in total. The van der Waals surface area contributed by atoms with E-state index in [4.69, 9.17) is 4.74 Å². The Morgan fingerprint density at radius 3 is 2.70 bits per heavy atom. The SMILES string of the molecule is COc1cc2c([O-])c(=O)[n+](C)c3ccn(C)c(c1=O)c23. The quantitative estimate of drug-likeness (QED) is 0.554. The average Bonchev–Trinajstić information content (AvgIpc) is 2.44. The van der Waals surface area contributed by atoms with Gasteiger partial charge in [0.15, 0.2) is 5.75 Å². The standard InChI is InChI=1S/C14H12N2O4/c1-15-5-4-8-10-7(12(17)14(19)16(8)2)6-9(20-3)13(18)11(10)15/h4-6H,1-3H3. The number of rotatable bonds is 1. The summed E-state index contributed by atoms with van der Waals surface area (Å²) in [6, 6.07) is 3.06. The van der Waals surface area contributed by atoms with Crippen LogP contribution in [0.1, 0.15) is 0 Å². The number of hydrogen-bond acceptors (Lipinski definition) is 4. The second-order valence-electron chi connectivity index (χ2n) is 4.68. The molecular weight excluding hydrogens is 260 g/mol. The zero-order valence-electron chi connectivity index (χ0n) is 11.3. The van der Waals surface area contributed by atoms with Gasteiger partial charge in [-0.05, 0) is 11.5 Å². The molecular formula is C14H12N2O4. The molecule has 0 unspecified atom stereocenters. The van der Waals surface area contributed by atoms with Crippen LogP contribution in [0.5, 0.6) is 11.5 Å². The van der Waals surface area contributed by atoms with Crippen molar-refractivity contribution in [1.29, 1.82) is 0 Å². The first-order chi connectivity index (χ1) is 9.47. The predicted molar refractivity (Wildman–Crippen MR) is 71.3 cm³/mol. The Bertz CT molecular complexity index is 959. The van der Waals surface area contributed by atoms with Crippen LogP contribution in [-0.4, -0.2) is 11.7 Å². The number of nitrogens with zero attached hydrogens (tertiary/aromatic N) is 2. The summed E-state index contributed by atoms with van der Waals surface area (Å²) in [6.07, 6.45) is 1.68. The zero-order valence-corrected chi connectivity index (χ0v) is 11.3. The summed E-state index contributed by atoms with van der Waals surface area (Å²) in [5.41, 5.74) is -0.0125. The van der Waals surface area contributed by atoms with Gasteiger partial charge in [0, 0.05) is 25.1 Å². The molecule has 6 nitrogen and oxygen atoms in total. The molecule has 0 bridgehead atoms. The van der Waals surface area contributed by atoms with Gasteiger partial charge in [0.2, 0.25) is 10.9 Å². The highest BCUT2D eigenvalue weighted by atomic mass is 16.5. The molecule has 102 valence electrons. The normalized spacial score (nSPS) is 11.3. The third-order valence-corrected chi connectivity index (χ3v) is 3.61. The van der Waals surface area contributed by atoms with E-state index in [2.05, 4.69) is 0 Å². The molecule has 0 radical (unpaired) electrons. The Morgan fingerprint density at radius 2 is 2.05 bits per heavy atom. The summed E-state index contributed by atoms with van der Waals surface area (Å²) < 4.78 is 7.92. The van der Waals surface area contributed by atoms with Crippen LogP contribution in [0.2, 0.25) is 0 Å². The Hall–Kier alpha value is -2.63. The van der Waals surface area contributed by atoms with Crippen LogP contribution >= 0.6 is 0 Å². The average molecular weight is 272 g/mol. The number of methoxy groups -OCH3 is 1. The number of ether oxygens (including phenoxy) is 1. The van der Waals surface area contributed by atoms with E-state index in [0.717, 1.165) is 0 Å². The zero-order chi connectivity index (χ0) is 14.6. The number of benzene rings is 1. The molecule has 3 aromatic rings. The minimum absolute atomic E-state index is 0.0611. The summed E-state index contributed by atoms with van der Waals surface area (Å²) in [5.74, 6) is -0.569. The highest BCUT2D eigenvalue weighted by molar-refractivity contribution is 6.08. The summed E-state index contributed by atoms with van der Waals surface area (Å²) in [5, 5.41) is 12.9. The van der Waals surface area contributed by atoms with E-state index in [0.29, 0.717) is 16.4 Å². The monoisotopic (exact) mass is 272 g/mol. The molecule has 2 aromatic heterocycles. The van der Waals surface area contributed by atoms with E-state index >= 15 is 0 Å². The van der Waals surface area contributed by atoms with Crippen LogP contribution in [0.15, 0.2) is 27.9 Å². The molecule has 20 heavy (non-hydrogen) atoms. The minimum Gasteiger partial charge on any atom is -0.865 e. The molecule has 0 atom stereocenters. The van der Waals surface area contributed by atoms with Crippen molar-refractivity contribution in [3.8, 4) is 11.5 Å². The third kappa shape index (κ3) is 1.36. The Labute approximate surface area is 113 Å². The van der Waals surface area contributed by atoms with Crippen molar-refractivity contribution in [1.82, 2.24) is 4.57 Å².